The first-order valence-corrected chi connectivity index (χ1v) is 9.47. The maximum Gasteiger partial charge on any atom is 0.355 e. The summed E-state index contributed by atoms with van der Waals surface area (Å²) in [7, 11) is 0. The summed E-state index contributed by atoms with van der Waals surface area (Å²) in [5.74, 6) is 0.813. The molecule has 0 fully saturated rings. The van der Waals surface area contributed by atoms with Crippen molar-refractivity contribution in [2.45, 2.75) is 13.8 Å². The third kappa shape index (κ3) is 3.75. The molecule has 0 atom stereocenters. The SMILES string of the molecule is CCN=C(N(CC)c1ccc(Cl)cc1)[n+]1c(Br)[nH]c(Br)c1Br. The maximum atomic E-state index is 5.99. The minimum Gasteiger partial charge on any atom is -0.274 e. The van der Waals surface area contributed by atoms with E-state index in [1.165, 1.54) is 0 Å². The van der Waals surface area contributed by atoms with Crippen LogP contribution in [0.15, 0.2) is 43.2 Å². The van der Waals surface area contributed by atoms with E-state index in [9.17, 15) is 0 Å². The van der Waals surface area contributed by atoms with Crippen molar-refractivity contribution in [3.63, 3.8) is 0 Å². The van der Waals surface area contributed by atoms with Crippen LogP contribution in [-0.4, -0.2) is 24.0 Å². The van der Waals surface area contributed by atoms with Crippen molar-refractivity contribution < 1.29 is 4.57 Å². The first kappa shape index (κ1) is 18.0. The highest BCUT2D eigenvalue weighted by Crippen LogP contribution is 2.23. The van der Waals surface area contributed by atoms with Gasteiger partial charge in [0, 0.05) is 21.0 Å². The molecule has 0 radical (unpaired) electrons. The maximum absolute atomic E-state index is 5.99. The van der Waals surface area contributed by atoms with Crippen LogP contribution in [-0.2, 0) is 0 Å². The Hall–Kier alpha value is -0.370. The first-order chi connectivity index (χ1) is 10.5. The normalized spacial score (nSPS) is 11.8. The fourth-order valence-electron chi connectivity index (χ4n) is 2.04. The van der Waals surface area contributed by atoms with E-state index in [4.69, 9.17) is 11.6 Å². The van der Waals surface area contributed by atoms with Crippen molar-refractivity contribution in [2.75, 3.05) is 18.0 Å². The van der Waals surface area contributed by atoms with Gasteiger partial charge >= 0.3 is 5.96 Å². The molecule has 1 heterocycles. The number of nitrogens with one attached hydrogen (secondary N) is 1. The minimum atomic E-state index is 0.675. The van der Waals surface area contributed by atoms with Crippen molar-refractivity contribution in [1.29, 1.82) is 0 Å². The van der Waals surface area contributed by atoms with Crippen molar-refractivity contribution in [3.05, 3.63) is 43.2 Å². The predicted molar refractivity (Wildman–Crippen MR) is 102 cm³/mol. The molecule has 0 saturated carbocycles. The Morgan fingerprint density at radius 2 is 1.86 bits per heavy atom. The summed E-state index contributed by atoms with van der Waals surface area (Å²) in [6.45, 7) is 5.55. The van der Waals surface area contributed by atoms with E-state index >= 15 is 0 Å². The number of aromatic amines is 1. The van der Waals surface area contributed by atoms with E-state index in [-0.39, 0.29) is 0 Å². The Kier molecular flexibility index (Phi) is 6.49. The molecule has 1 aromatic carbocycles. The molecule has 0 bridgehead atoms. The second-order valence-electron chi connectivity index (χ2n) is 4.35. The largest absolute Gasteiger partial charge is 0.355 e. The van der Waals surface area contributed by atoms with E-state index < -0.39 is 0 Å². The van der Waals surface area contributed by atoms with E-state index in [0.29, 0.717) is 11.6 Å². The summed E-state index contributed by atoms with van der Waals surface area (Å²) in [5.41, 5.74) is 1.03. The number of aliphatic imine (C=N–C) groups is 1. The molecule has 0 aliphatic rings. The highest BCUT2D eigenvalue weighted by Gasteiger charge is 2.28. The Balaban J connectivity index is 2.54. The lowest BCUT2D eigenvalue weighted by molar-refractivity contribution is -0.580. The highest BCUT2D eigenvalue weighted by molar-refractivity contribution is 9.13. The fraction of sp³-hybridized carbons (Fsp3) is 0.286. The van der Waals surface area contributed by atoms with Gasteiger partial charge in [-0.3, -0.25) is 4.98 Å². The summed E-state index contributed by atoms with van der Waals surface area (Å²) in [6.07, 6.45) is 0. The van der Waals surface area contributed by atoms with Crippen LogP contribution in [0.2, 0.25) is 5.02 Å². The van der Waals surface area contributed by atoms with Crippen LogP contribution in [0.4, 0.5) is 5.69 Å². The zero-order valence-corrected chi connectivity index (χ0v) is 17.6. The molecule has 0 unspecified atom stereocenters. The topological polar surface area (TPSA) is 35.3 Å². The number of nitrogens with zero attached hydrogens (tertiary/aromatic N) is 3. The predicted octanol–water partition coefficient (Wildman–Crippen LogP) is 4.99. The lowest BCUT2D eigenvalue weighted by Gasteiger charge is -2.19. The average molecular weight is 514 g/mol. The van der Waals surface area contributed by atoms with Crippen LogP contribution >= 0.6 is 59.4 Å². The minimum absolute atomic E-state index is 0.675. The molecule has 0 saturated heterocycles. The smallest absolute Gasteiger partial charge is 0.274 e. The quantitative estimate of drug-likeness (QED) is 0.350. The summed E-state index contributed by atoms with van der Waals surface area (Å²) in [4.78, 5) is 9.97. The van der Waals surface area contributed by atoms with Crippen molar-refractivity contribution in [3.8, 4) is 0 Å². The zero-order valence-electron chi connectivity index (χ0n) is 12.1. The van der Waals surface area contributed by atoms with Gasteiger partial charge in [0.1, 0.15) is 0 Å². The monoisotopic (exact) mass is 511 g/mol. The molecule has 0 amide bonds. The zero-order chi connectivity index (χ0) is 16.3. The number of aromatic nitrogens is 2. The van der Waals surface area contributed by atoms with Crippen LogP contribution < -0.4 is 9.47 Å². The van der Waals surface area contributed by atoms with Crippen LogP contribution in [0.25, 0.3) is 0 Å². The lowest BCUT2D eigenvalue weighted by atomic mass is 10.3. The van der Waals surface area contributed by atoms with Crippen LogP contribution in [0, 0.1) is 0 Å². The number of anilines is 1. The van der Waals surface area contributed by atoms with E-state index in [0.717, 1.165) is 32.1 Å². The molecule has 4 nitrogen and oxygen atoms in total. The van der Waals surface area contributed by atoms with Gasteiger partial charge < -0.3 is 0 Å². The van der Waals surface area contributed by atoms with Gasteiger partial charge in [-0.1, -0.05) is 11.6 Å². The van der Waals surface area contributed by atoms with Gasteiger partial charge in [-0.05, 0) is 70.0 Å². The van der Waals surface area contributed by atoms with Crippen LogP contribution in [0.1, 0.15) is 13.8 Å². The van der Waals surface area contributed by atoms with Gasteiger partial charge in [0.15, 0.2) is 9.21 Å². The van der Waals surface area contributed by atoms with Crippen LogP contribution in [0.5, 0.6) is 0 Å². The molecule has 0 spiro atoms. The van der Waals surface area contributed by atoms with Gasteiger partial charge in [0.05, 0.1) is 18.8 Å². The van der Waals surface area contributed by atoms with Gasteiger partial charge in [-0.2, -0.15) is 4.57 Å². The molecule has 8 heteroatoms. The number of rotatable bonds is 3. The number of hydrogen-bond donors (Lipinski definition) is 1. The summed E-state index contributed by atoms with van der Waals surface area (Å²) < 4.78 is 4.46. The Bertz CT molecular complexity index is 682. The average Bonchev–Trinajstić information content (AvgIpc) is 2.74. The highest BCUT2D eigenvalue weighted by atomic mass is 79.9. The summed E-state index contributed by atoms with van der Waals surface area (Å²) >= 11 is 16.6. The molecule has 0 aliphatic heterocycles. The number of hydrogen-bond acceptors (Lipinski definition) is 1. The summed E-state index contributed by atoms with van der Waals surface area (Å²) in [6, 6.07) is 7.73. The third-order valence-electron chi connectivity index (χ3n) is 2.98. The van der Waals surface area contributed by atoms with E-state index in [2.05, 4.69) is 69.6 Å². The van der Waals surface area contributed by atoms with Gasteiger partial charge in [-0.15, -0.1) is 4.99 Å². The first-order valence-electron chi connectivity index (χ1n) is 6.72. The number of halogens is 4. The van der Waals surface area contributed by atoms with E-state index in [1.807, 2.05) is 35.8 Å². The second-order valence-corrected chi connectivity index (χ2v) is 7.08. The third-order valence-corrected chi connectivity index (χ3v) is 5.64. The Labute approximate surface area is 160 Å². The molecular weight excluding hydrogens is 499 g/mol. The molecular formula is C14H15Br3ClN4+. The van der Waals surface area contributed by atoms with Crippen molar-refractivity contribution in [2.24, 2.45) is 4.99 Å². The van der Waals surface area contributed by atoms with Gasteiger partial charge in [0.25, 0.3) is 4.73 Å². The second kappa shape index (κ2) is 7.95. The number of imidazole rings is 1. The van der Waals surface area contributed by atoms with E-state index in [1.54, 1.807) is 0 Å². The van der Waals surface area contributed by atoms with Gasteiger partial charge in [-0.25, -0.2) is 4.90 Å². The van der Waals surface area contributed by atoms with Crippen molar-refractivity contribution in [1.82, 2.24) is 4.98 Å². The Morgan fingerprint density at radius 3 is 2.32 bits per heavy atom. The Morgan fingerprint density at radius 1 is 1.23 bits per heavy atom. The molecule has 2 aromatic rings. The lowest BCUT2D eigenvalue weighted by Crippen LogP contribution is -2.55. The fourth-order valence-corrected chi connectivity index (χ4v) is 4.00. The number of H-pyrrole nitrogens is 1. The van der Waals surface area contributed by atoms with Gasteiger partial charge in [0.2, 0.25) is 0 Å². The van der Waals surface area contributed by atoms with Crippen LogP contribution in [0.3, 0.4) is 0 Å². The molecule has 118 valence electrons. The molecule has 22 heavy (non-hydrogen) atoms. The summed E-state index contributed by atoms with van der Waals surface area (Å²) in [5, 5.41) is 0.716. The number of benzene rings is 1. The molecule has 1 N–H and O–H groups in total. The van der Waals surface area contributed by atoms with Crippen molar-refractivity contribution >= 4 is 71.0 Å². The molecule has 0 aliphatic carbocycles. The molecule has 2 rings (SSSR count). The standard InChI is InChI=1S/C14H14Br3ClN4/c1-3-19-14(22-12(16)11(15)20-13(22)17)21(4-2)10-7-5-9(18)6-8-10/h5-8H,3-4H2,1-2H3/p+1. The molecule has 1 aromatic heterocycles.